The molecule has 0 bridgehead atoms. The number of hydrogen-bond donors (Lipinski definition) is 1. The Balaban J connectivity index is 2.00. The predicted molar refractivity (Wildman–Crippen MR) is 84.8 cm³/mol. The van der Waals surface area contributed by atoms with Crippen molar-refractivity contribution in [1.29, 1.82) is 0 Å². The van der Waals surface area contributed by atoms with Gasteiger partial charge in [-0.1, -0.05) is 0 Å². The first kappa shape index (κ1) is 18.9. The van der Waals surface area contributed by atoms with Crippen molar-refractivity contribution in [1.82, 2.24) is 14.7 Å². The number of benzene rings is 1. The van der Waals surface area contributed by atoms with E-state index in [1.807, 2.05) is 0 Å². The summed E-state index contributed by atoms with van der Waals surface area (Å²) in [6.07, 6.45) is -3.96. The number of nitrogens with zero attached hydrogens (tertiary/aromatic N) is 3. The van der Waals surface area contributed by atoms with Gasteiger partial charge >= 0.3 is 12.1 Å². The van der Waals surface area contributed by atoms with Gasteiger partial charge in [0.25, 0.3) is 5.91 Å². The molecule has 1 amide bonds. The van der Waals surface area contributed by atoms with Crippen molar-refractivity contribution < 1.29 is 32.3 Å². The Morgan fingerprint density at radius 1 is 1.22 bits per heavy atom. The number of hydrogen-bond acceptors (Lipinski definition) is 3. The van der Waals surface area contributed by atoms with Gasteiger partial charge in [0.15, 0.2) is 5.69 Å². The van der Waals surface area contributed by atoms with Gasteiger partial charge in [0, 0.05) is 13.1 Å². The van der Waals surface area contributed by atoms with E-state index in [4.69, 9.17) is 0 Å². The van der Waals surface area contributed by atoms with E-state index in [0.717, 1.165) is 35.4 Å². The van der Waals surface area contributed by atoms with E-state index in [1.165, 1.54) is 6.92 Å². The third-order valence-corrected chi connectivity index (χ3v) is 4.62. The molecule has 1 atom stereocenters. The summed E-state index contributed by atoms with van der Waals surface area (Å²) in [5, 5.41) is 12.9. The summed E-state index contributed by atoms with van der Waals surface area (Å²) in [4.78, 5) is 25.0. The number of carbonyl (C=O) groups is 2. The van der Waals surface area contributed by atoms with Gasteiger partial charge < -0.3 is 10.0 Å². The van der Waals surface area contributed by atoms with Crippen LogP contribution in [0, 0.1) is 11.2 Å². The van der Waals surface area contributed by atoms with Crippen molar-refractivity contribution in [2.75, 3.05) is 13.1 Å². The molecule has 10 heteroatoms. The van der Waals surface area contributed by atoms with Crippen molar-refractivity contribution in [2.24, 2.45) is 5.41 Å². The summed E-state index contributed by atoms with van der Waals surface area (Å²) < 4.78 is 54.5. The maximum absolute atomic E-state index is 13.6. The zero-order valence-corrected chi connectivity index (χ0v) is 14.1. The van der Waals surface area contributed by atoms with Crippen LogP contribution < -0.4 is 0 Å². The fourth-order valence-corrected chi connectivity index (χ4v) is 3.04. The molecule has 1 N–H and O–H groups in total. The zero-order valence-electron chi connectivity index (χ0n) is 14.1. The molecular formula is C17H15F4N3O3. The molecule has 1 aromatic heterocycles. The van der Waals surface area contributed by atoms with Gasteiger partial charge in [-0.3, -0.25) is 9.59 Å². The van der Waals surface area contributed by atoms with Crippen molar-refractivity contribution in [3.8, 4) is 5.69 Å². The first-order valence-electron chi connectivity index (χ1n) is 7.97. The Morgan fingerprint density at radius 3 is 2.37 bits per heavy atom. The summed E-state index contributed by atoms with van der Waals surface area (Å²) in [6, 6.07) is 4.20. The van der Waals surface area contributed by atoms with Crippen LogP contribution >= 0.6 is 0 Å². The molecule has 1 aromatic carbocycles. The second-order valence-corrected chi connectivity index (χ2v) is 6.64. The predicted octanol–water partition coefficient (Wildman–Crippen LogP) is 2.97. The third kappa shape index (κ3) is 3.38. The molecule has 1 saturated heterocycles. The number of likely N-dealkylation sites (tertiary alicyclic amines) is 1. The van der Waals surface area contributed by atoms with E-state index in [-0.39, 0.29) is 25.2 Å². The molecule has 1 aliphatic rings. The molecule has 2 heterocycles. The highest BCUT2D eigenvalue weighted by atomic mass is 19.4. The average Bonchev–Trinajstić information content (AvgIpc) is 3.20. The van der Waals surface area contributed by atoms with Crippen LogP contribution in [0.5, 0.6) is 0 Å². The largest absolute Gasteiger partial charge is 0.481 e. The van der Waals surface area contributed by atoms with Gasteiger partial charge in [0.2, 0.25) is 0 Å². The maximum Gasteiger partial charge on any atom is 0.434 e. The summed E-state index contributed by atoms with van der Waals surface area (Å²) in [5.41, 5.74) is -3.23. The van der Waals surface area contributed by atoms with Crippen LogP contribution in [0.4, 0.5) is 17.6 Å². The summed E-state index contributed by atoms with van der Waals surface area (Å²) in [7, 11) is 0. The van der Waals surface area contributed by atoms with Crippen molar-refractivity contribution >= 4 is 11.9 Å². The lowest BCUT2D eigenvalue weighted by atomic mass is 9.90. The fourth-order valence-electron chi connectivity index (χ4n) is 3.04. The van der Waals surface area contributed by atoms with E-state index >= 15 is 0 Å². The maximum atomic E-state index is 13.6. The number of alkyl halides is 3. The number of carboxylic acids is 1. The molecule has 2 aromatic rings. The van der Waals surface area contributed by atoms with Crippen molar-refractivity contribution in [3.63, 3.8) is 0 Å². The SMILES string of the molecule is CC1(C(=O)O)CCN(C(=O)c2cnn(-c3ccc(F)cc3)c2C(F)(F)F)C1. The van der Waals surface area contributed by atoms with Gasteiger partial charge in [-0.2, -0.15) is 18.3 Å². The molecule has 0 saturated carbocycles. The second-order valence-electron chi connectivity index (χ2n) is 6.64. The highest BCUT2D eigenvalue weighted by Gasteiger charge is 2.46. The lowest BCUT2D eigenvalue weighted by Crippen LogP contribution is -2.35. The second kappa shape index (κ2) is 6.36. The molecule has 144 valence electrons. The minimum atomic E-state index is -4.90. The lowest BCUT2D eigenvalue weighted by Gasteiger charge is -2.20. The topological polar surface area (TPSA) is 75.4 Å². The van der Waals surface area contributed by atoms with Crippen molar-refractivity contribution in [2.45, 2.75) is 19.5 Å². The smallest absolute Gasteiger partial charge is 0.434 e. The standard InChI is InChI=1S/C17H15F4N3O3/c1-16(15(26)27)6-7-23(9-16)14(25)12-8-22-24(13(12)17(19,20)21)11-4-2-10(18)3-5-11/h2-5,8H,6-7,9H2,1H3,(H,26,27). The number of halogens is 4. The van der Waals surface area contributed by atoms with Gasteiger partial charge in [-0.05, 0) is 37.6 Å². The molecule has 0 aliphatic carbocycles. The van der Waals surface area contributed by atoms with E-state index in [0.29, 0.717) is 4.68 Å². The zero-order chi connectivity index (χ0) is 20.0. The number of carboxylic acid groups (broad SMARTS) is 1. The van der Waals surface area contributed by atoms with E-state index in [2.05, 4.69) is 5.10 Å². The number of aliphatic carboxylic acids is 1. The number of rotatable bonds is 3. The number of aromatic nitrogens is 2. The van der Waals surface area contributed by atoms with Gasteiger partial charge in [-0.15, -0.1) is 0 Å². The monoisotopic (exact) mass is 385 g/mol. The molecule has 6 nitrogen and oxygen atoms in total. The van der Waals surface area contributed by atoms with Gasteiger partial charge in [-0.25, -0.2) is 9.07 Å². The molecule has 27 heavy (non-hydrogen) atoms. The van der Waals surface area contributed by atoms with Crippen LogP contribution in [-0.2, 0) is 11.0 Å². The van der Waals surface area contributed by atoms with E-state index in [1.54, 1.807) is 0 Å². The van der Waals surface area contributed by atoms with Crippen LogP contribution in [0.25, 0.3) is 5.69 Å². The highest BCUT2D eigenvalue weighted by Crippen LogP contribution is 2.36. The Bertz CT molecular complexity index is 892. The molecular weight excluding hydrogens is 370 g/mol. The quantitative estimate of drug-likeness (QED) is 0.825. The minimum Gasteiger partial charge on any atom is -0.481 e. The van der Waals surface area contributed by atoms with Gasteiger partial charge in [0.1, 0.15) is 5.82 Å². The van der Waals surface area contributed by atoms with Crippen LogP contribution in [0.3, 0.4) is 0 Å². The Hall–Kier alpha value is -2.91. The lowest BCUT2D eigenvalue weighted by molar-refractivity contribution is -0.147. The summed E-state index contributed by atoms with van der Waals surface area (Å²) >= 11 is 0. The third-order valence-electron chi connectivity index (χ3n) is 4.62. The average molecular weight is 385 g/mol. The number of carbonyl (C=O) groups excluding carboxylic acids is 1. The van der Waals surface area contributed by atoms with E-state index < -0.39 is 40.5 Å². The van der Waals surface area contributed by atoms with Crippen molar-refractivity contribution in [3.05, 3.63) is 47.5 Å². The normalized spacial score (nSPS) is 20.1. The molecule has 0 spiro atoms. The summed E-state index contributed by atoms with van der Waals surface area (Å²) in [6.45, 7) is 1.27. The first-order chi connectivity index (χ1) is 12.5. The Kier molecular flexibility index (Phi) is 4.44. The van der Waals surface area contributed by atoms with Crippen LogP contribution in [0.1, 0.15) is 29.4 Å². The Morgan fingerprint density at radius 2 is 1.85 bits per heavy atom. The number of amides is 1. The molecule has 0 radical (unpaired) electrons. The molecule has 1 fully saturated rings. The molecule has 1 unspecified atom stereocenters. The highest BCUT2D eigenvalue weighted by molar-refractivity contribution is 5.96. The van der Waals surface area contributed by atoms with Gasteiger partial charge in [0.05, 0.1) is 22.9 Å². The fraction of sp³-hybridized carbons (Fsp3) is 0.353. The van der Waals surface area contributed by atoms with Crippen LogP contribution in [-0.4, -0.2) is 44.8 Å². The van der Waals surface area contributed by atoms with Crippen LogP contribution in [0.15, 0.2) is 30.5 Å². The van der Waals surface area contributed by atoms with E-state index in [9.17, 15) is 32.3 Å². The molecule has 1 aliphatic heterocycles. The van der Waals surface area contributed by atoms with Crippen LogP contribution in [0.2, 0.25) is 0 Å². The summed E-state index contributed by atoms with van der Waals surface area (Å²) in [5.74, 6) is -2.68. The molecule has 3 rings (SSSR count). The Labute approximate surface area is 151 Å². The minimum absolute atomic E-state index is 0.0284. The first-order valence-corrected chi connectivity index (χ1v) is 7.97.